The number of ether oxygens (including phenoxy) is 2. The van der Waals surface area contributed by atoms with Gasteiger partial charge in [-0.05, 0) is 56.6 Å². The number of hydrogen-bond acceptors (Lipinski definition) is 4. The lowest BCUT2D eigenvalue weighted by Gasteiger charge is -2.17. The standard InChI is InChI=1S/C40H28N2O2/c1-43-35-21-19-25-11-3-7-15-29(25)37(35)39-31-17-9-5-13-27(31)23-33(41-39)34-24-28-14-6-10-18-32(28)40(42-34)38-30-16-8-4-12-26(30)20-22-36(38)44-2/h3-24H,1-2H3. The minimum atomic E-state index is 0.783. The van der Waals surface area contributed by atoms with Crippen molar-refractivity contribution in [2.24, 2.45) is 0 Å². The Bertz CT molecular complexity index is 2210. The van der Waals surface area contributed by atoms with Gasteiger partial charge >= 0.3 is 0 Å². The Morgan fingerprint density at radius 2 is 0.750 bits per heavy atom. The van der Waals surface area contributed by atoms with Crippen LogP contribution in [0.5, 0.6) is 11.5 Å². The average molecular weight is 569 g/mol. The van der Waals surface area contributed by atoms with E-state index in [0.717, 1.165) is 88.5 Å². The number of methoxy groups -OCH3 is 2. The van der Waals surface area contributed by atoms with Gasteiger partial charge in [0.2, 0.25) is 0 Å². The first-order chi connectivity index (χ1) is 21.7. The Morgan fingerprint density at radius 3 is 1.16 bits per heavy atom. The largest absolute Gasteiger partial charge is 0.496 e. The molecule has 44 heavy (non-hydrogen) atoms. The second kappa shape index (κ2) is 10.5. The predicted octanol–water partition coefficient (Wildman–Crippen LogP) is 10.1. The van der Waals surface area contributed by atoms with Crippen LogP contribution < -0.4 is 9.47 Å². The van der Waals surface area contributed by atoms with Crippen molar-refractivity contribution in [2.75, 3.05) is 14.2 Å². The molecule has 0 aliphatic rings. The topological polar surface area (TPSA) is 44.2 Å². The van der Waals surface area contributed by atoms with Crippen LogP contribution in [0.3, 0.4) is 0 Å². The lowest BCUT2D eigenvalue weighted by molar-refractivity contribution is 0.417. The Balaban J connectivity index is 1.46. The van der Waals surface area contributed by atoms with E-state index < -0.39 is 0 Å². The molecular weight excluding hydrogens is 540 g/mol. The molecular formula is C40H28N2O2. The molecule has 4 nitrogen and oxygen atoms in total. The van der Waals surface area contributed by atoms with E-state index in [1.807, 2.05) is 12.1 Å². The second-order valence-corrected chi connectivity index (χ2v) is 10.9. The summed E-state index contributed by atoms with van der Waals surface area (Å²) >= 11 is 0. The highest BCUT2D eigenvalue weighted by Gasteiger charge is 2.20. The van der Waals surface area contributed by atoms with Gasteiger partial charge in [0, 0.05) is 10.8 Å². The number of nitrogens with zero attached hydrogens (tertiary/aromatic N) is 2. The quantitative estimate of drug-likeness (QED) is 0.207. The summed E-state index contributed by atoms with van der Waals surface area (Å²) in [6.45, 7) is 0. The van der Waals surface area contributed by atoms with Crippen LogP contribution in [0.2, 0.25) is 0 Å². The van der Waals surface area contributed by atoms with E-state index in [9.17, 15) is 0 Å². The minimum absolute atomic E-state index is 0.783. The van der Waals surface area contributed by atoms with Crippen molar-refractivity contribution in [1.29, 1.82) is 0 Å². The van der Waals surface area contributed by atoms with Crippen LogP contribution in [0, 0.1) is 0 Å². The Labute approximate surface area is 255 Å². The van der Waals surface area contributed by atoms with Crippen LogP contribution in [0.4, 0.5) is 0 Å². The number of pyridine rings is 2. The highest BCUT2D eigenvalue weighted by atomic mass is 16.5. The number of aromatic nitrogens is 2. The summed E-state index contributed by atoms with van der Waals surface area (Å²) in [6, 6.07) is 46.1. The van der Waals surface area contributed by atoms with Crippen LogP contribution in [-0.4, -0.2) is 24.2 Å². The van der Waals surface area contributed by atoms with Gasteiger partial charge in [0.25, 0.3) is 0 Å². The van der Waals surface area contributed by atoms with Crippen LogP contribution in [0.15, 0.2) is 133 Å². The third-order valence-electron chi connectivity index (χ3n) is 8.44. The first-order valence-corrected chi connectivity index (χ1v) is 14.7. The van der Waals surface area contributed by atoms with Crippen LogP contribution in [-0.2, 0) is 0 Å². The maximum atomic E-state index is 5.93. The Kier molecular flexibility index (Phi) is 6.20. The molecule has 0 radical (unpaired) electrons. The molecule has 0 unspecified atom stereocenters. The molecule has 210 valence electrons. The second-order valence-electron chi connectivity index (χ2n) is 10.9. The number of fused-ring (bicyclic) bond motifs is 4. The fourth-order valence-electron chi connectivity index (χ4n) is 6.37. The van der Waals surface area contributed by atoms with Gasteiger partial charge in [0.05, 0.1) is 48.1 Å². The number of rotatable bonds is 5. The molecule has 2 aromatic heterocycles. The van der Waals surface area contributed by atoms with Crippen molar-refractivity contribution in [3.63, 3.8) is 0 Å². The average Bonchev–Trinajstić information content (AvgIpc) is 3.09. The molecule has 8 rings (SSSR count). The van der Waals surface area contributed by atoms with E-state index in [1.165, 1.54) is 0 Å². The van der Waals surface area contributed by atoms with Crippen LogP contribution in [0.25, 0.3) is 77.0 Å². The molecule has 8 aromatic rings. The van der Waals surface area contributed by atoms with Crippen LogP contribution >= 0.6 is 0 Å². The normalized spacial score (nSPS) is 11.4. The van der Waals surface area contributed by atoms with E-state index >= 15 is 0 Å². The van der Waals surface area contributed by atoms with Crippen molar-refractivity contribution < 1.29 is 9.47 Å². The fraction of sp³-hybridized carbons (Fsp3) is 0.0500. The molecule has 0 aliphatic heterocycles. The van der Waals surface area contributed by atoms with Gasteiger partial charge < -0.3 is 9.47 Å². The molecule has 6 aromatic carbocycles. The zero-order valence-corrected chi connectivity index (χ0v) is 24.4. The van der Waals surface area contributed by atoms with E-state index in [0.29, 0.717) is 0 Å². The zero-order valence-electron chi connectivity index (χ0n) is 24.4. The molecule has 0 atom stereocenters. The van der Waals surface area contributed by atoms with E-state index in [-0.39, 0.29) is 0 Å². The van der Waals surface area contributed by atoms with E-state index in [4.69, 9.17) is 19.4 Å². The molecule has 0 fully saturated rings. The van der Waals surface area contributed by atoms with E-state index in [1.54, 1.807) is 14.2 Å². The monoisotopic (exact) mass is 568 g/mol. The molecule has 0 bridgehead atoms. The molecule has 0 spiro atoms. The first-order valence-electron chi connectivity index (χ1n) is 14.7. The van der Waals surface area contributed by atoms with Crippen molar-refractivity contribution in [3.05, 3.63) is 133 Å². The highest BCUT2D eigenvalue weighted by Crippen LogP contribution is 2.43. The molecule has 0 saturated carbocycles. The van der Waals surface area contributed by atoms with Crippen molar-refractivity contribution >= 4 is 43.1 Å². The Hall–Kier alpha value is -5.74. The van der Waals surface area contributed by atoms with Gasteiger partial charge in [-0.15, -0.1) is 0 Å². The Morgan fingerprint density at radius 1 is 0.386 bits per heavy atom. The lowest BCUT2D eigenvalue weighted by Crippen LogP contribution is -1.98. The van der Waals surface area contributed by atoms with E-state index in [2.05, 4.69) is 121 Å². The summed E-state index contributed by atoms with van der Waals surface area (Å²) in [5.74, 6) is 1.57. The van der Waals surface area contributed by atoms with Gasteiger partial charge in [-0.2, -0.15) is 0 Å². The highest BCUT2D eigenvalue weighted by molar-refractivity contribution is 6.09. The summed E-state index contributed by atoms with van der Waals surface area (Å²) in [6.07, 6.45) is 0. The number of benzene rings is 6. The molecule has 2 heterocycles. The molecule has 4 heteroatoms. The van der Waals surface area contributed by atoms with Gasteiger partial charge in [-0.1, -0.05) is 109 Å². The van der Waals surface area contributed by atoms with Crippen molar-refractivity contribution in [1.82, 2.24) is 9.97 Å². The van der Waals surface area contributed by atoms with Gasteiger partial charge in [-0.25, -0.2) is 9.97 Å². The fourth-order valence-corrected chi connectivity index (χ4v) is 6.37. The smallest absolute Gasteiger partial charge is 0.128 e. The van der Waals surface area contributed by atoms with Gasteiger partial charge in [0.1, 0.15) is 11.5 Å². The van der Waals surface area contributed by atoms with Crippen LogP contribution in [0.1, 0.15) is 0 Å². The maximum absolute atomic E-state index is 5.93. The minimum Gasteiger partial charge on any atom is -0.496 e. The summed E-state index contributed by atoms with van der Waals surface area (Å²) < 4.78 is 11.9. The predicted molar refractivity (Wildman–Crippen MR) is 181 cm³/mol. The third kappa shape index (κ3) is 4.15. The maximum Gasteiger partial charge on any atom is 0.128 e. The molecule has 0 N–H and O–H groups in total. The summed E-state index contributed by atoms with van der Waals surface area (Å²) in [4.78, 5) is 10.7. The van der Waals surface area contributed by atoms with Gasteiger partial charge in [-0.3, -0.25) is 0 Å². The summed E-state index contributed by atoms with van der Waals surface area (Å²) in [5.41, 5.74) is 5.26. The number of hydrogen-bond donors (Lipinski definition) is 0. The van der Waals surface area contributed by atoms with Crippen molar-refractivity contribution in [3.8, 4) is 45.4 Å². The molecule has 0 saturated heterocycles. The third-order valence-corrected chi connectivity index (χ3v) is 8.44. The molecule has 0 amide bonds. The SMILES string of the molecule is COc1ccc2ccccc2c1-c1nc(-c2cc3ccccc3c(-c3c(OC)ccc4ccccc34)n2)cc2ccccc12. The zero-order chi connectivity index (χ0) is 29.6. The van der Waals surface area contributed by atoms with Crippen molar-refractivity contribution in [2.45, 2.75) is 0 Å². The first kappa shape index (κ1) is 25.9. The van der Waals surface area contributed by atoms with Gasteiger partial charge in [0.15, 0.2) is 0 Å². The lowest BCUT2D eigenvalue weighted by atomic mass is 9.95. The summed E-state index contributed by atoms with van der Waals surface area (Å²) in [5, 5.41) is 8.74. The summed E-state index contributed by atoms with van der Waals surface area (Å²) in [7, 11) is 3.43. The molecule has 0 aliphatic carbocycles.